The number of hydrogen-bond acceptors (Lipinski definition) is 18. The molecular formula is C20H24F2N10O10P2S+2. The number of ether oxygens (including phenoxy) is 2. The average Bonchev–Trinajstić information content (AvgIpc) is 3.72. The average molecular weight is 696 g/mol. The Morgan fingerprint density at radius 2 is 1.58 bits per heavy atom. The van der Waals surface area contributed by atoms with Crippen LogP contribution in [0, 0.1) is 0 Å². The minimum atomic E-state index is -4.89. The highest BCUT2D eigenvalue weighted by molar-refractivity contribution is 8.47. The molecule has 7 heterocycles. The van der Waals surface area contributed by atoms with Crippen LogP contribution in [-0.2, 0) is 27.6 Å². The predicted octanol–water partition coefficient (Wildman–Crippen LogP) is -0.326. The quantitative estimate of drug-likeness (QED) is 0.104. The number of imidazole rings is 2. The zero-order valence-corrected chi connectivity index (χ0v) is 25.0. The first-order valence-corrected chi connectivity index (χ1v) is 17.2. The molecule has 0 radical (unpaired) electrons. The third-order valence-corrected chi connectivity index (χ3v) is 9.89. The molecule has 3 saturated heterocycles. The molecule has 20 nitrogen and oxygen atoms in total. The molecule has 45 heavy (non-hydrogen) atoms. The Bertz CT molecular complexity index is 1820. The number of anilines is 2. The first kappa shape index (κ1) is 30.8. The van der Waals surface area contributed by atoms with E-state index in [2.05, 4.69) is 42.2 Å². The maximum Gasteiger partial charge on any atom is 0.570 e. The zero-order chi connectivity index (χ0) is 31.8. The third kappa shape index (κ3) is 5.51. The number of thiol groups is 1. The highest BCUT2D eigenvalue weighted by atomic mass is 32.7. The van der Waals surface area contributed by atoms with Crippen LogP contribution in [0.2, 0.25) is 0 Å². The Balaban J connectivity index is 1.20. The number of nitrogens with one attached hydrogen (secondary N) is 1. The Labute approximate surface area is 255 Å². The summed E-state index contributed by atoms with van der Waals surface area (Å²) >= 11 is 4.08. The number of alkyl halides is 2. The SMILES string of the molecule is Nc1nc2c(ncn2[C@@H]2O[C@@H]3CO[P+](O)(O)O[C@@H]4C(CO[P+](O)(S)OC2[C@@H]3F)O[C@@H](n2cnc3c(N)ncnc32)[C@@H]4F)c(=O)[nH]1. The number of aromatic amines is 1. The molecule has 4 aromatic rings. The zero-order valence-electron chi connectivity index (χ0n) is 22.3. The number of nitrogens with two attached hydrogens (primary N) is 2. The van der Waals surface area contributed by atoms with Gasteiger partial charge in [-0.3, -0.25) is 18.9 Å². The van der Waals surface area contributed by atoms with Gasteiger partial charge in [-0.2, -0.15) is 33.2 Å². The van der Waals surface area contributed by atoms with Gasteiger partial charge in [0, 0.05) is 0 Å². The summed E-state index contributed by atoms with van der Waals surface area (Å²) in [7, 11) is -9.17. The van der Waals surface area contributed by atoms with Crippen LogP contribution in [0.15, 0.2) is 23.8 Å². The summed E-state index contributed by atoms with van der Waals surface area (Å²) in [6.45, 7) is -1.54. The van der Waals surface area contributed by atoms with Crippen molar-refractivity contribution in [1.82, 2.24) is 39.0 Å². The summed E-state index contributed by atoms with van der Waals surface area (Å²) in [6.07, 6.45) is -10.2. The summed E-state index contributed by atoms with van der Waals surface area (Å²) < 4.78 is 67.1. The van der Waals surface area contributed by atoms with Crippen LogP contribution >= 0.6 is 27.6 Å². The molecule has 7 rings (SSSR count). The molecule has 3 fully saturated rings. The topological polar surface area (TPSA) is 275 Å². The van der Waals surface area contributed by atoms with E-state index in [1.54, 1.807) is 0 Å². The van der Waals surface area contributed by atoms with Crippen LogP contribution < -0.4 is 17.0 Å². The van der Waals surface area contributed by atoms with Gasteiger partial charge in [0.25, 0.3) is 5.56 Å². The summed E-state index contributed by atoms with van der Waals surface area (Å²) in [4.78, 5) is 66.8. The molecule has 9 atom stereocenters. The van der Waals surface area contributed by atoms with E-state index in [-0.39, 0.29) is 34.1 Å². The summed E-state index contributed by atoms with van der Waals surface area (Å²) in [5.41, 5.74) is 10.8. The van der Waals surface area contributed by atoms with Gasteiger partial charge < -0.3 is 20.9 Å². The van der Waals surface area contributed by atoms with Crippen LogP contribution in [0.1, 0.15) is 12.5 Å². The van der Waals surface area contributed by atoms with Gasteiger partial charge in [0.1, 0.15) is 37.3 Å². The Morgan fingerprint density at radius 1 is 0.889 bits per heavy atom. The Kier molecular flexibility index (Phi) is 7.66. The van der Waals surface area contributed by atoms with E-state index < -0.39 is 83.3 Å². The lowest BCUT2D eigenvalue weighted by molar-refractivity contribution is -0.0670. The number of H-pyrrole nitrogens is 1. The van der Waals surface area contributed by atoms with Gasteiger partial charge in [0.2, 0.25) is 5.95 Å². The minimum absolute atomic E-state index is 0.0245. The molecule has 3 unspecified atom stereocenters. The van der Waals surface area contributed by atoms with Crippen LogP contribution in [0.3, 0.4) is 0 Å². The Hall–Kier alpha value is -2.79. The van der Waals surface area contributed by atoms with Gasteiger partial charge in [0.05, 0.1) is 24.9 Å². The van der Waals surface area contributed by atoms with E-state index in [1.165, 1.54) is 10.9 Å². The van der Waals surface area contributed by atoms with Crippen LogP contribution in [0.5, 0.6) is 0 Å². The number of halogens is 2. The molecule has 0 aromatic carbocycles. The third-order valence-electron chi connectivity index (χ3n) is 7.25. The molecule has 3 aliphatic heterocycles. The van der Waals surface area contributed by atoms with Crippen LogP contribution in [-0.4, -0.2) is 104 Å². The molecule has 25 heteroatoms. The monoisotopic (exact) mass is 696 g/mol. The summed E-state index contributed by atoms with van der Waals surface area (Å²) in [5, 5.41) is 0. The van der Waals surface area contributed by atoms with E-state index in [1.807, 2.05) is 0 Å². The van der Waals surface area contributed by atoms with E-state index in [0.717, 1.165) is 17.2 Å². The second kappa shape index (κ2) is 11.2. The van der Waals surface area contributed by atoms with Crippen molar-refractivity contribution in [3.8, 4) is 0 Å². The first-order valence-electron chi connectivity index (χ1n) is 12.9. The molecule has 3 aliphatic rings. The molecule has 0 amide bonds. The van der Waals surface area contributed by atoms with E-state index >= 15 is 8.78 Å². The van der Waals surface area contributed by atoms with Crippen molar-refractivity contribution in [2.24, 2.45) is 0 Å². The number of fused-ring (bicyclic) bond motifs is 5. The van der Waals surface area contributed by atoms with Crippen molar-refractivity contribution < 1.29 is 51.0 Å². The molecule has 2 bridgehead atoms. The summed E-state index contributed by atoms with van der Waals surface area (Å²) in [5.74, 6) is -0.246. The number of hydrogen-bond donors (Lipinski definition) is 7. The predicted molar refractivity (Wildman–Crippen MR) is 151 cm³/mol. The van der Waals surface area contributed by atoms with Crippen molar-refractivity contribution in [3.05, 3.63) is 29.3 Å². The summed E-state index contributed by atoms with van der Waals surface area (Å²) in [6, 6.07) is 0. The van der Waals surface area contributed by atoms with Gasteiger partial charge in [-0.15, -0.1) is 4.52 Å². The van der Waals surface area contributed by atoms with Gasteiger partial charge in [0.15, 0.2) is 59.6 Å². The lowest BCUT2D eigenvalue weighted by atomic mass is 10.1. The second-order valence-electron chi connectivity index (χ2n) is 10.1. The molecule has 4 aromatic heterocycles. The molecular weight excluding hydrogens is 672 g/mol. The maximum atomic E-state index is 15.9. The van der Waals surface area contributed by atoms with Crippen LogP contribution in [0.4, 0.5) is 20.5 Å². The molecule has 8 N–H and O–H groups in total. The first-order chi connectivity index (χ1) is 21.3. The van der Waals surface area contributed by atoms with E-state index in [0.29, 0.717) is 0 Å². The van der Waals surface area contributed by atoms with E-state index in [9.17, 15) is 19.5 Å². The van der Waals surface area contributed by atoms with Crippen molar-refractivity contribution >= 4 is 61.7 Å². The van der Waals surface area contributed by atoms with Gasteiger partial charge in [-0.25, -0.2) is 28.7 Å². The largest absolute Gasteiger partial charge is 0.570 e. The highest BCUT2D eigenvalue weighted by Gasteiger charge is 2.61. The Morgan fingerprint density at radius 3 is 2.36 bits per heavy atom. The van der Waals surface area contributed by atoms with Crippen molar-refractivity contribution in [2.75, 3.05) is 24.7 Å². The fourth-order valence-corrected chi connectivity index (χ4v) is 7.69. The normalized spacial score (nSPS) is 35.6. The standard InChI is InChI=1S/C20H23F2N10O10P2S/c21-8-6-1-37-43(34,35)41-12-7(40-18(9(12)22)31-4-27-10-14(23)25-3-26-15(10)31)2-38-44(36,45)42-13(8)19(39-6)32-5-28-11-16(32)29-20(24)30-17(11)33/h3-9,12-13,18-19,34-36,45H,1-2H2,(H4-,23,24,25,26,29,30,33)/q+1/p+1/t6-,7?,8-,9-,12-,13?,18-,19-,44?/m1/s1. The fraction of sp³-hybridized carbons (Fsp3) is 0.500. The van der Waals surface area contributed by atoms with Crippen molar-refractivity contribution in [3.63, 3.8) is 0 Å². The lowest BCUT2D eigenvalue weighted by Gasteiger charge is -2.23. The molecule has 0 aliphatic carbocycles. The number of rotatable bonds is 2. The molecule has 242 valence electrons. The second-order valence-corrected chi connectivity index (χ2v) is 14.5. The van der Waals surface area contributed by atoms with Crippen LogP contribution in [0.25, 0.3) is 22.3 Å². The smallest absolute Gasteiger partial charge is 0.382 e. The van der Waals surface area contributed by atoms with Gasteiger partial charge in [-0.05, 0) is 0 Å². The van der Waals surface area contributed by atoms with Gasteiger partial charge in [-0.1, -0.05) is 0 Å². The number of nitrogens with zero attached hydrogens (tertiary/aromatic N) is 7. The molecule has 0 saturated carbocycles. The lowest BCUT2D eigenvalue weighted by Crippen LogP contribution is -2.35. The number of nitrogen functional groups attached to an aromatic ring is 2. The maximum absolute atomic E-state index is 15.9. The fourth-order valence-electron chi connectivity index (χ4n) is 5.25. The minimum Gasteiger partial charge on any atom is -0.382 e. The van der Waals surface area contributed by atoms with E-state index in [4.69, 9.17) is 39.0 Å². The highest BCUT2D eigenvalue weighted by Crippen LogP contribution is 2.65. The van der Waals surface area contributed by atoms with Crippen molar-refractivity contribution in [1.29, 1.82) is 0 Å². The molecule has 0 spiro atoms. The number of aromatic nitrogens is 8. The van der Waals surface area contributed by atoms with Crippen molar-refractivity contribution in [2.45, 2.75) is 49.2 Å². The van der Waals surface area contributed by atoms with Gasteiger partial charge >= 0.3 is 15.3 Å².